The molecule has 0 saturated carbocycles. The van der Waals surface area contributed by atoms with Gasteiger partial charge in [0.05, 0.1) is 7.11 Å². The number of aromatic nitrogens is 2. The molecule has 0 aromatic carbocycles. The number of rotatable bonds is 3. The van der Waals surface area contributed by atoms with E-state index < -0.39 is 0 Å². The summed E-state index contributed by atoms with van der Waals surface area (Å²) in [6, 6.07) is 0. The second-order valence-electron chi connectivity index (χ2n) is 5.73. The molecule has 6 heteroatoms. The molecule has 0 aliphatic carbocycles. The van der Waals surface area contributed by atoms with E-state index in [1.165, 1.54) is 12.7 Å². The van der Waals surface area contributed by atoms with Crippen molar-refractivity contribution in [1.29, 1.82) is 0 Å². The minimum atomic E-state index is 0.393. The van der Waals surface area contributed by atoms with Crippen LogP contribution in [0.5, 0.6) is 5.75 Å². The van der Waals surface area contributed by atoms with E-state index in [9.17, 15) is 0 Å². The summed E-state index contributed by atoms with van der Waals surface area (Å²) in [4.78, 5) is 10.7. The summed E-state index contributed by atoms with van der Waals surface area (Å²) in [7, 11) is 1.62. The maximum absolute atomic E-state index is 5.46. The molecule has 6 nitrogen and oxygen atoms in total. The Hall–Kier alpha value is -1.56. The molecule has 19 heavy (non-hydrogen) atoms. The van der Waals surface area contributed by atoms with Crippen LogP contribution in [0.2, 0.25) is 0 Å². The van der Waals surface area contributed by atoms with Crippen molar-refractivity contribution in [3.63, 3.8) is 0 Å². The van der Waals surface area contributed by atoms with Crippen molar-refractivity contribution in [2.24, 2.45) is 11.3 Å². The Labute approximate surface area is 114 Å². The van der Waals surface area contributed by atoms with E-state index >= 15 is 0 Å². The Kier molecular flexibility index (Phi) is 4.09. The molecule has 3 N–H and O–H groups in total. The maximum Gasteiger partial charge on any atom is 0.205 e. The summed E-state index contributed by atoms with van der Waals surface area (Å²) in [5, 5.41) is 0. The molecule has 106 valence electrons. The minimum Gasteiger partial charge on any atom is -0.490 e. The fourth-order valence-electron chi connectivity index (χ4n) is 2.52. The van der Waals surface area contributed by atoms with Crippen molar-refractivity contribution >= 4 is 11.6 Å². The van der Waals surface area contributed by atoms with Crippen LogP contribution in [0.15, 0.2) is 6.33 Å². The summed E-state index contributed by atoms with van der Waals surface area (Å²) >= 11 is 0. The van der Waals surface area contributed by atoms with Gasteiger partial charge in [-0.1, -0.05) is 13.8 Å². The van der Waals surface area contributed by atoms with Crippen LogP contribution >= 0.6 is 0 Å². The molecule has 1 fully saturated rings. The first kappa shape index (κ1) is 13.9. The molecule has 0 atom stereocenters. The molecule has 1 aromatic heterocycles. The van der Waals surface area contributed by atoms with Gasteiger partial charge in [-0.2, -0.15) is 0 Å². The van der Waals surface area contributed by atoms with Crippen LogP contribution in [0.1, 0.15) is 33.1 Å². The lowest BCUT2D eigenvalue weighted by Crippen LogP contribution is -2.27. The predicted molar refractivity (Wildman–Crippen MR) is 76.2 cm³/mol. The van der Waals surface area contributed by atoms with E-state index in [1.807, 2.05) is 0 Å². The highest BCUT2D eigenvalue weighted by atomic mass is 16.5. The molecule has 1 saturated heterocycles. The van der Waals surface area contributed by atoms with Crippen molar-refractivity contribution in [2.75, 3.05) is 30.5 Å². The van der Waals surface area contributed by atoms with Gasteiger partial charge in [0, 0.05) is 13.1 Å². The van der Waals surface area contributed by atoms with Gasteiger partial charge < -0.3 is 15.1 Å². The van der Waals surface area contributed by atoms with Gasteiger partial charge in [-0.05, 0) is 24.7 Å². The number of nitrogens with zero attached hydrogens (tertiary/aromatic N) is 3. The van der Waals surface area contributed by atoms with Gasteiger partial charge in [-0.3, -0.25) is 0 Å². The summed E-state index contributed by atoms with van der Waals surface area (Å²) in [5.74, 6) is 7.42. The van der Waals surface area contributed by atoms with Crippen LogP contribution in [-0.4, -0.2) is 30.2 Å². The Morgan fingerprint density at radius 2 is 2.11 bits per heavy atom. The normalized spacial score (nSPS) is 18.8. The number of anilines is 2. The van der Waals surface area contributed by atoms with Crippen molar-refractivity contribution in [3.05, 3.63) is 6.33 Å². The van der Waals surface area contributed by atoms with Crippen LogP contribution in [-0.2, 0) is 0 Å². The first-order valence-electron chi connectivity index (χ1n) is 6.68. The Morgan fingerprint density at radius 3 is 2.79 bits per heavy atom. The van der Waals surface area contributed by atoms with Gasteiger partial charge in [0.25, 0.3) is 0 Å². The topological polar surface area (TPSA) is 76.3 Å². The van der Waals surface area contributed by atoms with E-state index in [0.29, 0.717) is 17.0 Å². The number of nitrogens with one attached hydrogen (secondary N) is 1. The average Bonchev–Trinajstić information content (AvgIpc) is 2.58. The number of hydrogen-bond donors (Lipinski definition) is 2. The molecule has 0 radical (unpaired) electrons. The fraction of sp³-hybridized carbons (Fsp3) is 0.692. The number of hydrazine groups is 1. The van der Waals surface area contributed by atoms with Crippen LogP contribution < -0.4 is 20.9 Å². The second-order valence-corrected chi connectivity index (χ2v) is 5.73. The third-order valence-electron chi connectivity index (χ3n) is 3.77. The molecule has 1 aliphatic heterocycles. The van der Waals surface area contributed by atoms with E-state index in [1.54, 1.807) is 7.11 Å². The number of ether oxygens (including phenoxy) is 1. The predicted octanol–water partition coefficient (Wildman–Crippen LogP) is 1.79. The third kappa shape index (κ3) is 3.07. The van der Waals surface area contributed by atoms with Gasteiger partial charge in [0.15, 0.2) is 11.6 Å². The van der Waals surface area contributed by atoms with Gasteiger partial charge in [-0.25, -0.2) is 15.8 Å². The second kappa shape index (κ2) is 5.61. The molecular formula is C13H23N5O. The molecule has 2 heterocycles. The van der Waals surface area contributed by atoms with Gasteiger partial charge in [-0.15, -0.1) is 0 Å². The summed E-state index contributed by atoms with van der Waals surface area (Å²) in [6.07, 6.45) is 5.05. The zero-order valence-corrected chi connectivity index (χ0v) is 11.9. The molecule has 2 rings (SSSR count). The summed E-state index contributed by atoms with van der Waals surface area (Å²) < 4.78 is 5.40. The van der Waals surface area contributed by atoms with Gasteiger partial charge >= 0.3 is 0 Å². The van der Waals surface area contributed by atoms with Crippen molar-refractivity contribution in [2.45, 2.75) is 33.1 Å². The maximum atomic E-state index is 5.46. The Balaban J connectivity index is 2.26. The number of methoxy groups -OCH3 is 1. The highest BCUT2D eigenvalue weighted by molar-refractivity contribution is 5.64. The summed E-state index contributed by atoms with van der Waals surface area (Å²) in [5.41, 5.74) is 2.95. The molecule has 0 spiro atoms. The molecule has 1 aromatic rings. The molecular weight excluding hydrogens is 242 g/mol. The lowest BCUT2D eigenvalue weighted by molar-refractivity contribution is 0.325. The molecule has 0 bridgehead atoms. The van der Waals surface area contributed by atoms with E-state index in [-0.39, 0.29) is 0 Å². The zero-order valence-electron chi connectivity index (χ0n) is 11.9. The van der Waals surface area contributed by atoms with Crippen molar-refractivity contribution < 1.29 is 4.74 Å². The molecule has 0 unspecified atom stereocenters. The van der Waals surface area contributed by atoms with E-state index in [2.05, 4.69) is 34.1 Å². The minimum absolute atomic E-state index is 0.393. The SMILES string of the molecule is COc1c(NN)ncnc1N1CCCC(C)(C)CC1. The average molecular weight is 265 g/mol. The largest absolute Gasteiger partial charge is 0.490 e. The summed E-state index contributed by atoms with van der Waals surface area (Å²) in [6.45, 7) is 6.60. The zero-order chi connectivity index (χ0) is 13.9. The standard InChI is InChI=1S/C13H23N5O/c1-13(2)5-4-7-18(8-6-13)12-10(19-3)11(17-14)15-9-16-12/h9H,4-8,14H2,1-3H3,(H,15,16,17). The fourth-order valence-corrected chi connectivity index (χ4v) is 2.52. The highest BCUT2D eigenvalue weighted by Crippen LogP contribution is 2.36. The first-order valence-corrected chi connectivity index (χ1v) is 6.68. The third-order valence-corrected chi connectivity index (χ3v) is 3.77. The lowest BCUT2D eigenvalue weighted by atomic mass is 9.85. The monoisotopic (exact) mass is 265 g/mol. The van der Waals surface area contributed by atoms with Crippen molar-refractivity contribution in [1.82, 2.24) is 9.97 Å². The number of hydrogen-bond acceptors (Lipinski definition) is 6. The van der Waals surface area contributed by atoms with Gasteiger partial charge in [0.1, 0.15) is 6.33 Å². The van der Waals surface area contributed by atoms with Gasteiger partial charge in [0.2, 0.25) is 5.75 Å². The van der Waals surface area contributed by atoms with Crippen LogP contribution in [0, 0.1) is 5.41 Å². The molecule has 1 aliphatic rings. The van der Waals surface area contributed by atoms with Crippen molar-refractivity contribution in [3.8, 4) is 5.75 Å². The smallest absolute Gasteiger partial charge is 0.205 e. The van der Waals surface area contributed by atoms with E-state index in [0.717, 1.165) is 31.7 Å². The first-order chi connectivity index (χ1) is 9.07. The number of nitrogen functional groups attached to an aromatic ring is 1. The van der Waals surface area contributed by atoms with Crippen LogP contribution in [0.25, 0.3) is 0 Å². The lowest BCUT2D eigenvalue weighted by Gasteiger charge is -2.25. The molecule has 0 amide bonds. The number of nitrogens with two attached hydrogens (primary N) is 1. The van der Waals surface area contributed by atoms with E-state index in [4.69, 9.17) is 10.6 Å². The van der Waals surface area contributed by atoms with Crippen LogP contribution in [0.4, 0.5) is 11.6 Å². The quantitative estimate of drug-likeness (QED) is 0.641. The Morgan fingerprint density at radius 1 is 1.32 bits per heavy atom. The Bertz CT molecular complexity index is 435. The highest BCUT2D eigenvalue weighted by Gasteiger charge is 2.26. The van der Waals surface area contributed by atoms with Crippen LogP contribution in [0.3, 0.4) is 0 Å².